The monoisotopic (exact) mass is 378 g/mol. The van der Waals surface area contributed by atoms with Crippen LogP contribution in [0.2, 0.25) is 0 Å². The first-order valence-corrected chi connectivity index (χ1v) is 8.40. The largest absolute Gasteiger partial charge is 0.361 e. The topological polar surface area (TPSA) is 96.3 Å². The average molecular weight is 379 g/mol. The molecule has 7 nitrogen and oxygen atoms in total. The highest BCUT2D eigenvalue weighted by molar-refractivity contribution is 6.04. The second-order valence-corrected chi connectivity index (χ2v) is 6.39. The molecule has 2 heterocycles. The fourth-order valence-corrected chi connectivity index (χ4v) is 2.97. The molecule has 0 unspecified atom stereocenters. The van der Waals surface area contributed by atoms with Crippen LogP contribution in [0.25, 0.3) is 0 Å². The summed E-state index contributed by atoms with van der Waals surface area (Å²) in [6, 6.07) is 7.42. The summed E-state index contributed by atoms with van der Waals surface area (Å²) < 4.78 is 4.89. The van der Waals surface area contributed by atoms with Crippen LogP contribution in [0.5, 0.6) is 0 Å². The zero-order valence-electron chi connectivity index (χ0n) is 14.7. The van der Waals surface area contributed by atoms with Crippen molar-refractivity contribution in [1.82, 2.24) is 10.5 Å². The highest BCUT2D eigenvalue weighted by Crippen LogP contribution is 2.20. The Labute approximate surface area is 158 Å². The normalized spacial score (nSPS) is 19.3. The van der Waals surface area contributed by atoms with Gasteiger partial charge in [-0.3, -0.25) is 9.59 Å². The second kappa shape index (κ2) is 8.82. The van der Waals surface area contributed by atoms with E-state index >= 15 is 0 Å². The lowest BCUT2D eigenvalue weighted by Gasteiger charge is -2.27. The van der Waals surface area contributed by atoms with Crippen molar-refractivity contribution in [2.75, 3.05) is 17.2 Å². The first kappa shape index (κ1) is 19.9. The van der Waals surface area contributed by atoms with Crippen LogP contribution in [0.4, 0.5) is 11.4 Å². The summed E-state index contributed by atoms with van der Waals surface area (Å²) in [4.78, 5) is 24.5. The number of piperidine rings is 1. The number of benzene rings is 1. The number of amides is 2. The third kappa shape index (κ3) is 4.83. The zero-order chi connectivity index (χ0) is 17.8. The van der Waals surface area contributed by atoms with E-state index in [1.54, 1.807) is 31.2 Å². The van der Waals surface area contributed by atoms with Gasteiger partial charge in [-0.05, 0) is 57.5 Å². The zero-order valence-corrected chi connectivity index (χ0v) is 15.6. The molecule has 3 rings (SSSR count). The second-order valence-electron chi connectivity index (χ2n) is 6.39. The highest BCUT2D eigenvalue weighted by atomic mass is 35.5. The molecule has 1 aliphatic rings. The van der Waals surface area contributed by atoms with E-state index in [4.69, 9.17) is 4.52 Å². The number of rotatable bonds is 4. The molecular formula is C18H23ClN4O3. The van der Waals surface area contributed by atoms with E-state index in [-0.39, 0.29) is 30.1 Å². The maximum atomic E-state index is 12.3. The number of carbonyl (C=O) groups is 2. The van der Waals surface area contributed by atoms with E-state index in [1.165, 1.54) is 6.20 Å². The predicted octanol–water partition coefficient (Wildman–Crippen LogP) is 2.98. The lowest BCUT2D eigenvalue weighted by Crippen LogP contribution is -2.40. The Hall–Kier alpha value is -2.38. The fraction of sp³-hybridized carbons (Fsp3) is 0.389. The molecule has 0 radical (unpaired) electrons. The summed E-state index contributed by atoms with van der Waals surface area (Å²) in [6.45, 7) is 4.64. The van der Waals surface area contributed by atoms with E-state index in [1.807, 2.05) is 0 Å². The first-order chi connectivity index (χ1) is 12.0. The minimum Gasteiger partial charge on any atom is -0.361 e. The highest BCUT2D eigenvalue weighted by Gasteiger charge is 2.24. The maximum absolute atomic E-state index is 12.3. The van der Waals surface area contributed by atoms with Crippen molar-refractivity contribution in [2.24, 2.45) is 5.92 Å². The van der Waals surface area contributed by atoms with Crippen molar-refractivity contribution in [3.8, 4) is 0 Å². The Morgan fingerprint density at radius 3 is 2.42 bits per heavy atom. The van der Waals surface area contributed by atoms with Gasteiger partial charge in [0.05, 0.1) is 6.20 Å². The van der Waals surface area contributed by atoms with Crippen LogP contribution in [-0.4, -0.2) is 29.6 Å². The summed E-state index contributed by atoms with van der Waals surface area (Å²) in [5, 5.41) is 12.7. The van der Waals surface area contributed by atoms with Crippen molar-refractivity contribution in [2.45, 2.75) is 32.7 Å². The number of nitrogens with zero attached hydrogens (tertiary/aromatic N) is 1. The van der Waals surface area contributed by atoms with Gasteiger partial charge in [0.2, 0.25) is 5.91 Å². The van der Waals surface area contributed by atoms with Gasteiger partial charge >= 0.3 is 0 Å². The third-order valence-corrected chi connectivity index (χ3v) is 4.40. The van der Waals surface area contributed by atoms with Gasteiger partial charge in [-0.25, -0.2) is 0 Å². The third-order valence-electron chi connectivity index (χ3n) is 4.40. The Bertz CT molecular complexity index is 760. The molecule has 1 aromatic heterocycles. The molecule has 1 saturated heterocycles. The summed E-state index contributed by atoms with van der Waals surface area (Å²) in [5.41, 5.74) is 1.76. The van der Waals surface area contributed by atoms with E-state index in [0.29, 0.717) is 23.1 Å². The van der Waals surface area contributed by atoms with Crippen molar-refractivity contribution < 1.29 is 14.1 Å². The predicted molar refractivity (Wildman–Crippen MR) is 102 cm³/mol. The van der Waals surface area contributed by atoms with Gasteiger partial charge in [0.1, 0.15) is 11.3 Å². The quantitative estimate of drug-likeness (QED) is 0.760. The van der Waals surface area contributed by atoms with Crippen LogP contribution in [-0.2, 0) is 4.79 Å². The van der Waals surface area contributed by atoms with Crippen LogP contribution in [0.3, 0.4) is 0 Å². The molecule has 8 heteroatoms. The number of carbonyl (C=O) groups excluding carboxylic acids is 2. The molecule has 2 aromatic rings. The Morgan fingerprint density at radius 2 is 1.85 bits per heavy atom. The molecule has 1 aliphatic heterocycles. The van der Waals surface area contributed by atoms with Gasteiger partial charge in [0.25, 0.3) is 5.91 Å². The van der Waals surface area contributed by atoms with Crippen LogP contribution in [0, 0.1) is 12.8 Å². The number of halogens is 1. The number of nitrogens with one attached hydrogen (secondary N) is 3. The van der Waals surface area contributed by atoms with Crippen molar-refractivity contribution in [3.05, 3.63) is 41.8 Å². The summed E-state index contributed by atoms with van der Waals surface area (Å²) in [5.74, 6) is 0.272. The summed E-state index contributed by atoms with van der Waals surface area (Å²) >= 11 is 0. The average Bonchev–Trinajstić information content (AvgIpc) is 3.03. The minimum atomic E-state index is -0.278. The molecule has 3 N–H and O–H groups in total. The van der Waals surface area contributed by atoms with Crippen LogP contribution in [0.1, 0.15) is 35.9 Å². The summed E-state index contributed by atoms with van der Waals surface area (Å²) in [7, 11) is 0. The van der Waals surface area contributed by atoms with E-state index in [0.717, 1.165) is 25.1 Å². The van der Waals surface area contributed by atoms with Crippen molar-refractivity contribution in [1.29, 1.82) is 0 Å². The van der Waals surface area contributed by atoms with E-state index in [2.05, 4.69) is 28.0 Å². The lowest BCUT2D eigenvalue weighted by molar-refractivity contribution is -0.120. The van der Waals surface area contributed by atoms with Crippen LogP contribution >= 0.6 is 12.4 Å². The molecule has 0 saturated carbocycles. The SMILES string of the molecule is Cc1oncc1C(=O)Nc1ccc(NC(=O)[C@H]2CCN[C@@H](C)C2)cc1.Cl. The summed E-state index contributed by atoms with van der Waals surface area (Å²) in [6.07, 6.45) is 3.08. The molecule has 0 bridgehead atoms. The Balaban J connectivity index is 0.00000243. The number of anilines is 2. The standard InChI is InChI=1S/C18H22N4O3.ClH/c1-11-9-13(7-8-19-11)17(23)21-14-3-5-15(6-4-14)22-18(24)16-10-20-25-12(16)2;/h3-6,10-11,13,19H,7-9H2,1-2H3,(H,21,23)(H,22,24);1H/t11-,13-;/m0./s1. The first-order valence-electron chi connectivity index (χ1n) is 8.40. The molecule has 0 spiro atoms. The molecular weight excluding hydrogens is 356 g/mol. The number of aryl methyl sites for hydroxylation is 1. The molecule has 1 fully saturated rings. The van der Waals surface area contributed by atoms with Crippen molar-refractivity contribution in [3.63, 3.8) is 0 Å². The van der Waals surface area contributed by atoms with E-state index in [9.17, 15) is 9.59 Å². The molecule has 2 amide bonds. The number of hydrogen-bond acceptors (Lipinski definition) is 5. The van der Waals surface area contributed by atoms with Gasteiger partial charge in [-0.1, -0.05) is 5.16 Å². The minimum absolute atomic E-state index is 0. The van der Waals surface area contributed by atoms with Crippen molar-refractivity contribution >= 4 is 35.6 Å². The smallest absolute Gasteiger partial charge is 0.260 e. The maximum Gasteiger partial charge on any atom is 0.260 e. The number of aromatic nitrogens is 1. The van der Waals surface area contributed by atoms with Gasteiger partial charge in [-0.2, -0.15) is 0 Å². The molecule has 2 atom stereocenters. The van der Waals surface area contributed by atoms with Gasteiger partial charge in [-0.15, -0.1) is 12.4 Å². The molecule has 140 valence electrons. The van der Waals surface area contributed by atoms with E-state index < -0.39 is 0 Å². The molecule has 1 aromatic carbocycles. The van der Waals surface area contributed by atoms with Gasteiger partial charge in [0, 0.05) is 23.3 Å². The Kier molecular flexibility index (Phi) is 6.76. The number of hydrogen-bond donors (Lipinski definition) is 3. The molecule has 26 heavy (non-hydrogen) atoms. The van der Waals surface area contributed by atoms with Gasteiger partial charge in [0.15, 0.2) is 0 Å². The van der Waals surface area contributed by atoms with Crippen LogP contribution < -0.4 is 16.0 Å². The Morgan fingerprint density at radius 1 is 1.19 bits per heavy atom. The van der Waals surface area contributed by atoms with Crippen LogP contribution in [0.15, 0.2) is 35.0 Å². The molecule has 0 aliphatic carbocycles. The fourth-order valence-electron chi connectivity index (χ4n) is 2.97. The lowest BCUT2D eigenvalue weighted by atomic mass is 9.92. The van der Waals surface area contributed by atoms with Gasteiger partial charge < -0.3 is 20.5 Å².